The highest BCUT2D eigenvalue weighted by atomic mass is 32.2. The molecule has 21 heavy (non-hydrogen) atoms. The number of allylic oxidation sites excluding steroid dienone is 2. The maximum atomic E-state index is 12.3. The van der Waals surface area contributed by atoms with Crippen LogP contribution in [0, 0.1) is 17.8 Å². The Hall–Kier alpha value is -1.82. The highest BCUT2D eigenvalue weighted by Crippen LogP contribution is 2.43. The number of carbonyl (C=O) groups excluding carboxylic acids is 1. The molecule has 2 bridgehead atoms. The molecule has 1 aromatic rings. The molecule has 0 radical (unpaired) electrons. The zero-order valence-electron chi connectivity index (χ0n) is 11.7. The topological polar surface area (TPSA) is 75.3 Å². The third-order valence-corrected chi connectivity index (χ3v) is 4.68. The fraction of sp³-hybridized carbons (Fsp3) is 0.400. The summed E-state index contributed by atoms with van der Waals surface area (Å²) in [5.74, 6) is 1.05. The van der Waals surface area contributed by atoms with E-state index in [-0.39, 0.29) is 11.8 Å². The van der Waals surface area contributed by atoms with Gasteiger partial charge in [-0.1, -0.05) is 12.2 Å². The summed E-state index contributed by atoms with van der Waals surface area (Å²) in [7, 11) is -3.28. The van der Waals surface area contributed by atoms with Crippen LogP contribution in [0.4, 0.5) is 11.4 Å². The lowest BCUT2D eigenvalue weighted by atomic mass is 9.93. The van der Waals surface area contributed by atoms with E-state index in [1.807, 2.05) is 0 Å². The predicted molar refractivity (Wildman–Crippen MR) is 82.4 cm³/mol. The minimum absolute atomic E-state index is 0.0515. The van der Waals surface area contributed by atoms with Crippen molar-refractivity contribution < 1.29 is 13.2 Å². The molecule has 3 atom stereocenters. The molecule has 3 unspecified atom stereocenters. The molecule has 0 heterocycles. The second-order valence-corrected chi connectivity index (χ2v) is 7.58. The summed E-state index contributed by atoms with van der Waals surface area (Å²) in [4.78, 5) is 12.3. The molecule has 0 aromatic heterocycles. The largest absolute Gasteiger partial charge is 0.326 e. The first-order chi connectivity index (χ1) is 9.90. The number of benzene rings is 1. The normalized spacial score (nSPS) is 26.8. The fourth-order valence-corrected chi connectivity index (χ4v) is 3.72. The van der Waals surface area contributed by atoms with Crippen LogP contribution < -0.4 is 10.0 Å². The number of rotatable bonds is 4. The SMILES string of the molecule is CS(=O)(=O)Nc1ccc(NC(=O)C2CC3C=CC2C3)cc1. The number of sulfonamides is 1. The Morgan fingerprint density at radius 1 is 1.10 bits per heavy atom. The molecule has 1 fully saturated rings. The van der Waals surface area contributed by atoms with Crippen molar-refractivity contribution in [3.8, 4) is 0 Å². The van der Waals surface area contributed by atoms with Gasteiger partial charge in [0.25, 0.3) is 0 Å². The van der Waals surface area contributed by atoms with Crippen molar-refractivity contribution in [3.05, 3.63) is 36.4 Å². The molecule has 0 spiro atoms. The molecule has 0 aliphatic heterocycles. The zero-order valence-corrected chi connectivity index (χ0v) is 12.6. The van der Waals surface area contributed by atoms with Crippen LogP contribution in [0.1, 0.15) is 12.8 Å². The van der Waals surface area contributed by atoms with Crippen LogP contribution in [0.5, 0.6) is 0 Å². The van der Waals surface area contributed by atoms with E-state index < -0.39 is 10.0 Å². The van der Waals surface area contributed by atoms with Gasteiger partial charge >= 0.3 is 0 Å². The number of amides is 1. The van der Waals surface area contributed by atoms with Crippen LogP contribution in [0.2, 0.25) is 0 Å². The maximum absolute atomic E-state index is 12.3. The summed E-state index contributed by atoms with van der Waals surface area (Å²) in [6.07, 6.45) is 7.49. The fourth-order valence-electron chi connectivity index (χ4n) is 3.15. The lowest BCUT2D eigenvalue weighted by Crippen LogP contribution is -2.25. The Kier molecular flexibility index (Phi) is 3.49. The average molecular weight is 306 g/mol. The monoisotopic (exact) mass is 306 g/mol. The van der Waals surface area contributed by atoms with Gasteiger partial charge in [-0.15, -0.1) is 0 Å². The summed E-state index contributed by atoms with van der Waals surface area (Å²) in [5, 5.41) is 2.91. The van der Waals surface area contributed by atoms with Gasteiger partial charge in [0.2, 0.25) is 15.9 Å². The summed E-state index contributed by atoms with van der Waals surface area (Å²) in [5.41, 5.74) is 1.17. The minimum Gasteiger partial charge on any atom is -0.326 e. The number of hydrogen-bond donors (Lipinski definition) is 2. The van der Waals surface area contributed by atoms with Gasteiger partial charge in [0, 0.05) is 17.3 Å². The Balaban J connectivity index is 1.63. The molecule has 3 rings (SSSR count). The van der Waals surface area contributed by atoms with E-state index >= 15 is 0 Å². The number of hydrogen-bond acceptors (Lipinski definition) is 3. The lowest BCUT2D eigenvalue weighted by molar-refractivity contribution is -0.120. The zero-order chi connectivity index (χ0) is 15.0. The maximum Gasteiger partial charge on any atom is 0.229 e. The molecular weight excluding hydrogens is 288 g/mol. The first kappa shape index (κ1) is 14.1. The van der Waals surface area contributed by atoms with Crippen molar-refractivity contribution in [1.82, 2.24) is 0 Å². The van der Waals surface area contributed by atoms with Gasteiger partial charge in [-0.25, -0.2) is 8.42 Å². The summed E-state index contributed by atoms with van der Waals surface area (Å²) in [6, 6.07) is 6.68. The molecule has 6 heteroatoms. The predicted octanol–water partition coefficient (Wildman–Crippen LogP) is 2.21. The summed E-state index contributed by atoms with van der Waals surface area (Å²) >= 11 is 0. The summed E-state index contributed by atoms with van der Waals surface area (Å²) in [6.45, 7) is 0. The smallest absolute Gasteiger partial charge is 0.229 e. The molecule has 112 valence electrons. The van der Waals surface area contributed by atoms with Crippen molar-refractivity contribution in [2.75, 3.05) is 16.3 Å². The molecule has 1 aromatic carbocycles. The molecule has 0 saturated heterocycles. The van der Waals surface area contributed by atoms with Crippen LogP contribution >= 0.6 is 0 Å². The highest BCUT2D eigenvalue weighted by molar-refractivity contribution is 7.92. The van der Waals surface area contributed by atoms with Crippen molar-refractivity contribution in [3.63, 3.8) is 0 Å². The molecule has 2 N–H and O–H groups in total. The first-order valence-corrected chi connectivity index (χ1v) is 8.87. The van der Waals surface area contributed by atoms with Gasteiger partial charge < -0.3 is 5.32 Å². The number of nitrogens with one attached hydrogen (secondary N) is 2. The lowest BCUT2D eigenvalue weighted by Gasteiger charge is -2.17. The molecule has 5 nitrogen and oxygen atoms in total. The quantitative estimate of drug-likeness (QED) is 0.837. The van der Waals surface area contributed by atoms with Gasteiger partial charge in [-0.2, -0.15) is 0 Å². The van der Waals surface area contributed by atoms with Crippen molar-refractivity contribution in [1.29, 1.82) is 0 Å². The van der Waals surface area contributed by atoms with Crippen molar-refractivity contribution in [2.24, 2.45) is 17.8 Å². The van der Waals surface area contributed by atoms with E-state index in [0.717, 1.165) is 19.1 Å². The van der Waals surface area contributed by atoms with Crippen LogP contribution in [0.25, 0.3) is 0 Å². The third-order valence-electron chi connectivity index (χ3n) is 4.07. The van der Waals surface area contributed by atoms with E-state index in [9.17, 15) is 13.2 Å². The number of fused-ring (bicyclic) bond motifs is 2. The van der Waals surface area contributed by atoms with E-state index in [1.54, 1.807) is 24.3 Å². The van der Waals surface area contributed by atoms with Crippen LogP contribution in [-0.2, 0) is 14.8 Å². The second-order valence-electron chi connectivity index (χ2n) is 5.83. The van der Waals surface area contributed by atoms with Crippen LogP contribution in [0.15, 0.2) is 36.4 Å². The van der Waals surface area contributed by atoms with Crippen molar-refractivity contribution >= 4 is 27.3 Å². The summed E-state index contributed by atoms with van der Waals surface area (Å²) < 4.78 is 24.6. The standard InChI is InChI=1S/C15H18N2O3S/c1-21(19,20)17-13-6-4-12(5-7-13)16-15(18)14-9-10-2-3-11(14)8-10/h2-7,10-11,14,17H,8-9H2,1H3,(H,16,18). The van der Waals surface area contributed by atoms with Crippen LogP contribution in [0.3, 0.4) is 0 Å². The van der Waals surface area contributed by atoms with Gasteiger partial charge in [0.15, 0.2) is 0 Å². The molecule has 1 amide bonds. The van der Waals surface area contributed by atoms with E-state index in [2.05, 4.69) is 22.2 Å². The van der Waals surface area contributed by atoms with Crippen LogP contribution in [-0.4, -0.2) is 20.6 Å². The Morgan fingerprint density at radius 3 is 2.29 bits per heavy atom. The number of anilines is 2. The Bertz CT molecular complexity index is 679. The Labute approximate surface area is 124 Å². The van der Waals surface area contributed by atoms with Gasteiger partial charge in [-0.05, 0) is 48.9 Å². The molecule has 1 saturated carbocycles. The van der Waals surface area contributed by atoms with E-state index in [4.69, 9.17) is 0 Å². The third kappa shape index (κ3) is 3.26. The molecule has 2 aliphatic carbocycles. The van der Waals surface area contributed by atoms with Gasteiger partial charge in [-0.3, -0.25) is 9.52 Å². The number of carbonyl (C=O) groups is 1. The first-order valence-electron chi connectivity index (χ1n) is 6.98. The highest BCUT2D eigenvalue weighted by Gasteiger charge is 2.39. The van der Waals surface area contributed by atoms with Crippen molar-refractivity contribution in [2.45, 2.75) is 12.8 Å². The van der Waals surface area contributed by atoms with E-state index in [1.165, 1.54) is 0 Å². The molecule has 2 aliphatic rings. The minimum atomic E-state index is -3.28. The second kappa shape index (κ2) is 5.18. The average Bonchev–Trinajstić information content (AvgIpc) is 3.01. The molecular formula is C15H18N2O3S. The Morgan fingerprint density at radius 2 is 1.76 bits per heavy atom. The van der Waals surface area contributed by atoms with Gasteiger partial charge in [0.1, 0.15) is 0 Å². The van der Waals surface area contributed by atoms with E-state index in [0.29, 0.717) is 23.2 Å². The van der Waals surface area contributed by atoms with Gasteiger partial charge in [0.05, 0.1) is 6.26 Å².